The molecule has 0 atom stereocenters. The lowest BCUT2D eigenvalue weighted by molar-refractivity contribution is 0.301. The third-order valence-electron chi connectivity index (χ3n) is 3.96. The third-order valence-corrected chi connectivity index (χ3v) is 3.96. The summed E-state index contributed by atoms with van der Waals surface area (Å²) in [5.41, 5.74) is 2.23. The molecular weight excluding hydrogens is 260 g/mol. The SMILES string of the molecule is c1ccc(COc2cccc(CNC3CCCC3)c2)nc1. The van der Waals surface area contributed by atoms with Gasteiger partial charge in [-0.2, -0.15) is 0 Å². The van der Waals surface area contributed by atoms with Crippen molar-refractivity contribution < 1.29 is 4.74 Å². The monoisotopic (exact) mass is 282 g/mol. The van der Waals surface area contributed by atoms with Crippen LogP contribution in [-0.4, -0.2) is 11.0 Å². The average molecular weight is 282 g/mol. The molecule has 1 aromatic carbocycles. The van der Waals surface area contributed by atoms with E-state index in [0.717, 1.165) is 18.0 Å². The fourth-order valence-corrected chi connectivity index (χ4v) is 2.78. The highest BCUT2D eigenvalue weighted by atomic mass is 16.5. The van der Waals surface area contributed by atoms with E-state index in [1.54, 1.807) is 6.20 Å². The first-order chi connectivity index (χ1) is 10.4. The maximum Gasteiger partial charge on any atom is 0.130 e. The van der Waals surface area contributed by atoms with Crippen molar-refractivity contribution in [3.8, 4) is 5.75 Å². The smallest absolute Gasteiger partial charge is 0.130 e. The van der Waals surface area contributed by atoms with E-state index >= 15 is 0 Å². The largest absolute Gasteiger partial charge is 0.487 e. The normalized spacial score (nSPS) is 15.2. The second-order valence-electron chi connectivity index (χ2n) is 5.62. The van der Waals surface area contributed by atoms with Crippen molar-refractivity contribution in [2.45, 2.75) is 44.9 Å². The fourth-order valence-electron chi connectivity index (χ4n) is 2.78. The molecule has 0 amide bonds. The van der Waals surface area contributed by atoms with Crippen molar-refractivity contribution >= 4 is 0 Å². The molecule has 0 saturated heterocycles. The van der Waals surface area contributed by atoms with Crippen molar-refractivity contribution in [1.82, 2.24) is 10.3 Å². The van der Waals surface area contributed by atoms with E-state index in [-0.39, 0.29) is 0 Å². The summed E-state index contributed by atoms with van der Waals surface area (Å²) in [6.45, 7) is 1.44. The molecule has 1 heterocycles. The van der Waals surface area contributed by atoms with Gasteiger partial charge in [0, 0.05) is 18.8 Å². The highest BCUT2D eigenvalue weighted by molar-refractivity contribution is 5.28. The molecule has 0 bridgehead atoms. The van der Waals surface area contributed by atoms with E-state index in [0.29, 0.717) is 12.6 Å². The van der Waals surface area contributed by atoms with Gasteiger partial charge in [0.05, 0.1) is 5.69 Å². The molecule has 1 aliphatic carbocycles. The molecule has 1 saturated carbocycles. The van der Waals surface area contributed by atoms with Gasteiger partial charge in [-0.05, 0) is 42.7 Å². The predicted molar refractivity (Wildman–Crippen MR) is 84.1 cm³/mol. The molecule has 1 fully saturated rings. The summed E-state index contributed by atoms with van der Waals surface area (Å²) in [7, 11) is 0. The zero-order chi connectivity index (χ0) is 14.3. The van der Waals surface area contributed by atoms with Crippen LogP contribution in [0.5, 0.6) is 5.75 Å². The number of benzene rings is 1. The van der Waals surface area contributed by atoms with E-state index in [4.69, 9.17) is 4.74 Å². The minimum Gasteiger partial charge on any atom is -0.487 e. The lowest BCUT2D eigenvalue weighted by Gasteiger charge is -2.12. The number of hydrogen-bond donors (Lipinski definition) is 1. The first kappa shape index (κ1) is 14.1. The van der Waals surface area contributed by atoms with E-state index < -0.39 is 0 Å². The van der Waals surface area contributed by atoms with Crippen LogP contribution in [0.25, 0.3) is 0 Å². The molecule has 3 heteroatoms. The standard InChI is InChI=1S/C18H22N2O/c1-2-8-16(7-1)20-13-15-6-5-10-18(12-15)21-14-17-9-3-4-11-19-17/h3-6,9-12,16,20H,1-2,7-8,13-14H2. The Bertz CT molecular complexity index is 550. The Labute approximate surface area is 126 Å². The summed E-state index contributed by atoms with van der Waals surface area (Å²) in [5, 5.41) is 3.63. The highest BCUT2D eigenvalue weighted by Gasteiger charge is 2.13. The fraction of sp³-hybridized carbons (Fsp3) is 0.389. The first-order valence-corrected chi connectivity index (χ1v) is 7.75. The van der Waals surface area contributed by atoms with Gasteiger partial charge in [0.25, 0.3) is 0 Å². The topological polar surface area (TPSA) is 34.1 Å². The van der Waals surface area contributed by atoms with Crippen LogP contribution in [0, 0.1) is 0 Å². The maximum atomic E-state index is 5.81. The van der Waals surface area contributed by atoms with Crippen molar-refractivity contribution in [3.63, 3.8) is 0 Å². The number of rotatable bonds is 6. The number of aromatic nitrogens is 1. The minimum atomic E-state index is 0.514. The molecule has 3 rings (SSSR count). The Morgan fingerprint density at radius 1 is 1.10 bits per heavy atom. The Kier molecular flexibility index (Phi) is 4.85. The lowest BCUT2D eigenvalue weighted by Crippen LogP contribution is -2.25. The Morgan fingerprint density at radius 3 is 2.81 bits per heavy atom. The van der Waals surface area contributed by atoms with Gasteiger partial charge in [-0.3, -0.25) is 4.98 Å². The molecule has 0 spiro atoms. The van der Waals surface area contributed by atoms with Crippen LogP contribution >= 0.6 is 0 Å². The number of ether oxygens (including phenoxy) is 1. The van der Waals surface area contributed by atoms with Gasteiger partial charge in [-0.25, -0.2) is 0 Å². The molecule has 21 heavy (non-hydrogen) atoms. The van der Waals surface area contributed by atoms with Crippen molar-refractivity contribution in [2.24, 2.45) is 0 Å². The number of nitrogens with zero attached hydrogens (tertiary/aromatic N) is 1. The van der Waals surface area contributed by atoms with Crippen LogP contribution in [-0.2, 0) is 13.2 Å². The van der Waals surface area contributed by atoms with Gasteiger partial charge < -0.3 is 10.1 Å². The van der Waals surface area contributed by atoms with Gasteiger partial charge in [-0.15, -0.1) is 0 Å². The van der Waals surface area contributed by atoms with E-state index in [1.165, 1.54) is 31.2 Å². The van der Waals surface area contributed by atoms with Crippen molar-refractivity contribution in [3.05, 3.63) is 59.9 Å². The van der Waals surface area contributed by atoms with Crippen LogP contribution in [0.15, 0.2) is 48.7 Å². The zero-order valence-electron chi connectivity index (χ0n) is 12.3. The van der Waals surface area contributed by atoms with Crippen molar-refractivity contribution in [2.75, 3.05) is 0 Å². The summed E-state index contributed by atoms with van der Waals surface area (Å²) in [6, 6.07) is 14.9. The zero-order valence-corrected chi connectivity index (χ0v) is 12.3. The third kappa shape index (κ3) is 4.30. The number of pyridine rings is 1. The molecule has 0 unspecified atom stereocenters. The minimum absolute atomic E-state index is 0.514. The van der Waals surface area contributed by atoms with E-state index in [2.05, 4.69) is 28.5 Å². The average Bonchev–Trinajstić information content (AvgIpc) is 3.06. The second kappa shape index (κ2) is 7.23. The van der Waals surface area contributed by atoms with Crippen LogP contribution in [0.2, 0.25) is 0 Å². The molecule has 110 valence electrons. The summed E-state index contributed by atoms with van der Waals surface area (Å²) in [6.07, 6.45) is 7.15. The van der Waals surface area contributed by atoms with Crippen LogP contribution in [0.4, 0.5) is 0 Å². The van der Waals surface area contributed by atoms with Crippen LogP contribution < -0.4 is 10.1 Å². The molecule has 0 radical (unpaired) electrons. The van der Waals surface area contributed by atoms with Gasteiger partial charge in [0.1, 0.15) is 12.4 Å². The maximum absolute atomic E-state index is 5.81. The summed E-state index contributed by atoms with van der Waals surface area (Å²) in [5.74, 6) is 0.909. The van der Waals surface area contributed by atoms with E-state index in [9.17, 15) is 0 Å². The Morgan fingerprint density at radius 2 is 2.00 bits per heavy atom. The Hall–Kier alpha value is -1.87. The second-order valence-corrected chi connectivity index (χ2v) is 5.62. The number of hydrogen-bond acceptors (Lipinski definition) is 3. The quantitative estimate of drug-likeness (QED) is 0.877. The van der Waals surface area contributed by atoms with E-state index in [1.807, 2.05) is 24.3 Å². The molecule has 3 nitrogen and oxygen atoms in total. The van der Waals surface area contributed by atoms with Gasteiger partial charge in [0.2, 0.25) is 0 Å². The van der Waals surface area contributed by atoms with Gasteiger partial charge in [0.15, 0.2) is 0 Å². The predicted octanol–water partition coefficient (Wildman–Crippen LogP) is 3.69. The molecule has 2 aromatic rings. The summed E-state index contributed by atoms with van der Waals surface area (Å²) in [4.78, 5) is 4.27. The van der Waals surface area contributed by atoms with Gasteiger partial charge >= 0.3 is 0 Å². The van der Waals surface area contributed by atoms with Crippen molar-refractivity contribution in [1.29, 1.82) is 0 Å². The molecule has 1 aromatic heterocycles. The number of nitrogens with one attached hydrogen (secondary N) is 1. The van der Waals surface area contributed by atoms with Crippen LogP contribution in [0.3, 0.4) is 0 Å². The lowest BCUT2D eigenvalue weighted by atomic mass is 10.2. The molecule has 1 N–H and O–H groups in total. The summed E-state index contributed by atoms with van der Waals surface area (Å²) >= 11 is 0. The Balaban J connectivity index is 1.52. The molecule has 0 aliphatic heterocycles. The summed E-state index contributed by atoms with van der Waals surface area (Å²) < 4.78 is 5.81. The molecular formula is C18H22N2O. The van der Waals surface area contributed by atoms with Crippen LogP contribution in [0.1, 0.15) is 36.9 Å². The molecule has 1 aliphatic rings. The highest BCUT2D eigenvalue weighted by Crippen LogP contribution is 2.19. The first-order valence-electron chi connectivity index (χ1n) is 7.75. The van der Waals surface area contributed by atoms with Gasteiger partial charge in [-0.1, -0.05) is 31.0 Å².